The van der Waals surface area contributed by atoms with Crippen molar-refractivity contribution < 1.29 is 19.4 Å². The third-order valence-electron chi connectivity index (χ3n) is 8.38. The first-order valence-electron chi connectivity index (χ1n) is 14.9. The first-order valence-corrected chi connectivity index (χ1v) is 14.9. The summed E-state index contributed by atoms with van der Waals surface area (Å²) in [5.74, 6) is -0.183. The Morgan fingerprint density at radius 2 is 1.48 bits per heavy atom. The van der Waals surface area contributed by atoms with Gasteiger partial charge < -0.3 is 14.6 Å². The smallest absolute Gasteiger partial charge is 0.333 e. The predicted molar refractivity (Wildman–Crippen MR) is 167 cm³/mol. The fraction of sp³-hybridized carbons (Fsp3) is 0.324. The molecule has 0 saturated heterocycles. The predicted octanol–water partition coefficient (Wildman–Crippen LogP) is 6.68. The molecule has 42 heavy (non-hydrogen) atoms. The van der Waals surface area contributed by atoms with Gasteiger partial charge in [0.2, 0.25) is 0 Å². The molecule has 2 unspecified atom stereocenters. The molecule has 0 aromatic heterocycles. The number of ether oxygens (including phenoxy) is 2. The molecule has 5 rings (SSSR count). The number of nitrogens with zero attached hydrogens (tertiary/aromatic N) is 1. The van der Waals surface area contributed by atoms with Gasteiger partial charge in [0.25, 0.3) is 0 Å². The van der Waals surface area contributed by atoms with E-state index in [4.69, 9.17) is 9.47 Å². The summed E-state index contributed by atoms with van der Waals surface area (Å²) in [5, 5.41) is 9.25. The average Bonchev–Trinajstić information content (AvgIpc) is 3.17. The highest BCUT2D eigenvalue weighted by Gasteiger charge is 2.27. The van der Waals surface area contributed by atoms with E-state index >= 15 is 0 Å². The van der Waals surface area contributed by atoms with Gasteiger partial charge in [-0.25, -0.2) is 4.79 Å². The molecule has 0 bridgehead atoms. The highest BCUT2D eigenvalue weighted by molar-refractivity contribution is 5.72. The minimum atomic E-state index is -0.958. The molecule has 0 saturated carbocycles. The normalized spacial score (nSPS) is 15.0. The molecule has 5 heteroatoms. The summed E-state index contributed by atoms with van der Waals surface area (Å²) in [6.07, 6.45) is 3.54. The number of methoxy groups -OCH3 is 1. The maximum Gasteiger partial charge on any atom is 0.333 e. The maximum atomic E-state index is 11.3. The van der Waals surface area contributed by atoms with Crippen LogP contribution < -0.4 is 4.74 Å². The van der Waals surface area contributed by atoms with E-state index in [1.54, 1.807) is 0 Å². The van der Waals surface area contributed by atoms with Gasteiger partial charge >= 0.3 is 5.97 Å². The van der Waals surface area contributed by atoms with Crippen LogP contribution in [0.4, 0.5) is 0 Å². The lowest BCUT2D eigenvalue weighted by Crippen LogP contribution is -2.30. The van der Waals surface area contributed by atoms with Crippen molar-refractivity contribution in [2.24, 2.45) is 0 Å². The van der Waals surface area contributed by atoms with Crippen LogP contribution in [0.25, 0.3) is 0 Å². The van der Waals surface area contributed by atoms with E-state index in [0.29, 0.717) is 13.0 Å². The minimum Gasteiger partial charge on any atom is -0.492 e. The van der Waals surface area contributed by atoms with E-state index in [-0.39, 0.29) is 6.04 Å². The molecule has 2 atom stereocenters. The zero-order valence-electron chi connectivity index (χ0n) is 24.9. The van der Waals surface area contributed by atoms with Crippen LogP contribution in [-0.4, -0.2) is 49.4 Å². The SMILES string of the molecule is CCc1ccc2c(c1)CCc1cc(Cc3ccccc3)ccc1C2N(C)CCOc1ccc(CC(OC)C(=O)O)cc1. The van der Waals surface area contributed by atoms with Crippen LogP contribution in [0.3, 0.4) is 0 Å². The first kappa shape index (κ1) is 29.6. The molecule has 1 aliphatic rings. The molecule has 5 nitrogen and oxygen atoms in total. The van der Waals surface area contributed by atoms with Gasteiger partial charge in [0.15, 0.2) is 6.10 Å². The number of likely N-dealkylation sites (N-methyl/N-ethyl adjacent to an activating group) is 1. The van der Waals surface area contributed by atoms with Gasteiger partial charge in [-0.3, -0.25) is 4.90 Å². The summed E-state index contributed by atoms with van der Waals surface area (Å²) in [6.45, 7) is 3.53. The number of fused-ring (bicyclic) bond motifs is 2. The largest absolute Gasteiger partial charge is 0.492 e. The van der Waals surface area contributed by atoms with Gasteiger partial charge in [0.05, 0.1) is 6.04 Å². The second kappa shape index (κ2) is 13.8. The molecule has 218 valence electrons. The first-order chi connectivity index (χ1) is 20.4. The van der Waals surface area contributed by atoms with E-state index in [1.807, 2.05) is 24.3 Å². The van der Waals surface area contributed by atoms with Crippen molar-refractivity contribution in [3.05, 3.63) is 136 Å². The second-order valence-corrected chi connectivity index (χ2v) is 11.2. The summed E-state index contributed by atoms with van der Waals surface area (Å²) in [7, 11) is 3.61. The standard InChI is InChI=1S/C37H41NO4/c1-4-26-12-18-33-30(23-26)14-15-31-24-29(22-27-8-6-5-7-9-27)13-19-34(31)36(33)38(2)20-21-42-32-16-10-28(11-17-32)25-35(41-3)37(39)40/h5-13,16-19,23-24,35-36H,4,14-15,20-22,25H2,1-3H3,(H,39,40). The van der Waals surface area contributed by atoms with Crippen LogP contribution >= 0.6 is 0 Å². The molecule has 0 fully saturated rings. The lowest BCUT2D eigenvalue weighted by Gasteiger charge is -2.31. The number of hydrogen-bond acceptors (Lipinski definition) is 4. The molecule has 4 aromatic rings. The molecule has 0 aliphatic heterocycles. The van der Waals surface area contributed by atoms with Crippen molar-refractivity contribution >= 4 is 5.97 Å². The lowest BCUT2D eigenvalue weighted by molar-refractivity contribution is -0.148. The van der Waals surface area contributed by atoms with Crippen LogP contribution in [-0.2, 0) is 41.6 Å². The molecule has 1 N–H and O–H groups in total. The Morgan fingerprint density at radius 1 is 0.857 bits per heavy atom. The van der Waals surface area contributed by atoms with Crippen molar-refractivity contribution in [1.82, 2.24) is 4.90 Å². The summed E-state index contributed by atoms with van der Waals surface area (Å²) in [4.78, 5) is 13.7. The number of rotatable bonds is 12. The minimum absolute atomic E-state index is 0.155. The Kier molecular flexibility index (Phi) is 9.73. The summed E-state index contributed by atoms with van der Waals surface area (Å²) < 4.78 is 11.2. The molecule has 0 radical (unpaired) electrons. The third kappa shape index (κ3) is 7.10. The van der Waals surface area contributed by atoms with Gasteiger partial charge in [-0.2, -0.15) is 0 Å². The molecule has 0 spiro atoms. The molecule has 1 aliphatic carbocycles. The molecule has 0 heterocycles. The topological polar surface area (TPSA) is 59.0 Å². The maximum absolute atomic E-state index is 11.3. The summed E-state index contributed by atoms with van der Waals surface area (Å²) in [5.41, 5.74) is 10.6. The number of carboxylic acid groups (broad SMARTS) is 1. The molecular formula is C37H41NO4. The number of aliphatic carboxylic acids is 1. The number of aryl methyl sites for hydroxylation is 3. The van der Waals surface area contributed by atoms with E-state index in [9.17, 15) is 9.90 Å². The Labute approximate surface area is 249 Å². The average molecular weight is 564 g/mol. The Bertz CT molecular complexity index is 1480. The fourth-order valence-corrected chi connectivity index (χ4v) is 6.00. The van der Waals surface area contributed by atoms with Crippen LogP contribution in [0, 0.1) is 0 Å². The zero-order chi connectivity index (χ0) is 29.5. The van der Waals surface area contributed by atoms with Crippen molar-refractivity contribution in [2.75, 3.05) is 27.3 Å². The molecular weight excluding hydrogens is 522 g/mol. The van der Waals surface area contributed by atoms with Crippen molar-refractivity contribution in [1.29, 1.82) is 0 Å². The van der Waals surface area contributed by atoms with Crippen molar-refractivity contribution in [3.63, 3.8) is 0 Å². The quantitative estimate of drug-likeness (QED) is 0.208. The number of carboxylic acids is 1. The van der Waals surface area contributed by atoms with Gasteiger partial charge in [0, 0.05) is 20.1 Å². The zero-order valence-corrected chi connectivity index (χ0v) is 24.9. The van der Waals surface area contributed by atoms with Gasteiger partial charge in [-0.1, -0.05) is 85.8 Å². The Morgan fingerprint density at radius 3 is 2.10 bits per heavy atom. The fourth-order valence-electron chi connectivity index (χ4n) is 6.00. The second-order valence-electron chi connectivity index (χ2n) is 11.2. The van der Waals surface area contributed by atoms with Gasteiger partial charge in [0.1, 0.15) is 12.4 Å². The molecule has 0 amide bonds. The van der Waals surface area contributed by atoms with Gasteiger partial charge in [-0.05, 0) is 89.4 Å². The van der Waals surface area contributed by atoms with Crippen LogP contribution in [0.1, 0.15) is 57.5 Å². The van der Waals surface area contributed by atoms with Crippen LogP contribution in [0.5, 0.6) is 5.75 Å². The Hall–Kier alpha value is -3.93. The van der Waals surface area contributed by atoms with E-state index in [1.165, 1.54) is 46.1 Å². The van der Waals surface area contributed by atoms with Crippen molar-refractivity contribution in [2.45, 2.75) is 51.2 Å². The summed E-state index contributed by atoms with van der Waals surface area (Å²) >= 11 is 0. The Balaban J connectivity index is 1.32. The monoisotopic (exact) mass is 563 g/mol. The summed E-state index contributed by atoms with van der Waals surface area (Å²) in [6, 6.07) is 32.6. The van der Waals surface area contributed by atoms with Crippen LogP contribution in [0.15, 0.2) is 91.0 Å². The van der Waals surface area contributed by atoms with Gasteiger partial charge in [-0.15, -0.1) is 0 Å². The number of hydrogen-bond donors (Lipinski definition) is 1. The van der Waals surface area contributed by atoms with E-state index in [2.05, 4.69) is 85.6 Å². The third-order valence-corrected chi connectivity index (χ3v) is 8.38. The number of benzene rings is 4. The molecule has 4 aromatic carbocycles. The lowest BCUT2D eigenvalue weighted by atomic mass is 9.90. The van der Waals surface area contributed by atoms with Crippen LogP contribution in [0.2, 0.25) is 0 Å². The van der Waals surface area contributed by atoms with E-state index in [0.717, 1.165) is 43.5 Å². The highest BCUT2D eigenvalue weighted by atomic mass is 16.5. The van der Waals surface area contributed by atoms with E-state index < -0.39 is 12.1 Å². The number of carbonyl (C=O) groups is 1. The highest BCUT2D eigenvalue weighted by Crippen LogP contribution is 2.37. The van der Waals surface area contributed by atoms with Crippen molar-refractivity contribution in [3.8, 4) is 5.75 Å².